The Morgan fingerprint density at radius 1 is 1.23 bits per heavy atom. The van der Waals surface area contributed by atoms with Crippen LogP contribution >= 0.6 is 0 Å². The molecule has 1 aliphatic carbocycles. The molecular weight excluding hydrogens is 398 g/mol. The number of carbonyl (C=O) groups excluding carboxylic acids is 1. The van der Waals surface area contributed by atoms with Crippen molar-refractivity contribution in [1.29, 1.82) is 0 Å². The van der Waals surface area contributed by atoms with Gasteiger partial charge in [-0.25, -0.2) is 4.79 Å². The molecule has 1 saturated carbocycles. The third-order valence-corrected chi connectivity index (χ3v) is 6.14. The number of fused-ring (bicyclic) bond motifs is 1. The third-order valence-electron chi connectivity index (χ3n) is 6.14. The molecule has 0 radical (unpaired) electrons. The lowest BCUT2D eigenvalue weighted by Gasteiger charge is -2.35. The second kappa shape index (κ2) is 8.53. The zero-order valence-corrected chi connectivity index (χ0v) is 18.1. The first-order valence-electron chi connectivity index (χ1n) is 10.6. The second-order valence-electron chi connectivity index (χ2n) is 8.18. The van der Waals surface area contributed by atoms with E-state index in [1.54, 1.807) is 20.1 Å². The number of rotatable bonds is 6. The Kier molecular flexibility index (Phi) is 5.80. The third kappa shape index (κ3) is 4.19. The van der Waals surface area contributed by atoms with Crippen molar-refractivity contribution in [1.82, 2.24) is 15.5 Å². The van der Waals surface area contributed by atoms with Gasteiger partial charge in [0.2, 0.25) is 11.8 Å². The Balaban J connectivity index is 1.53. The molecule has 1 aromatic carbocycles. The Morgan fingerprint density at radius 2 is 2.00 bits per heavy atom. The minimum absolute atomic E-state index is 0.141. The predicted molar refractivity (Wildman–Crippen MR) is 114 cm³/mol. The predicted octanol–water partition coefficient (Wildman–Crippen LogP) is 3.71. The molecule has 31 heavy (non-hydrogen) atoms. The summed E-state index contributed by atoms with van der Waals surface area (Å²) < 4.78 is 15.9. The molecule has 0 saturated heterocycles. The van der Waals surface area contributed by atoms with E-state index < -0.39 is 11.2 Å². The Morgan fingerprint density at radius 3 is 2.68 bits per heavy atom. The van der Waals surface area contributed by atoms with E-state index in [-0.39, 0.29) is 12.3 Å². The molecule has 3 aromatic rings. The van der Waals surface area contributed by atoms with Gasteiger partial charge in [0.25, 0.3) is 0 Å². The summed E-state index contributed by atoms with van der Waals surface area (Å²) in [4.78, 5) is 29.9. The number of nitrogens with one attached hydrogen (secondary N) is 1. The molecular formula is C23H27N3O5. The van der Waals surface area contributed by atoms with Gasteiger partial charge in [-0.15, -0.1) is 0 Å². The Labute approximate surface area is 180 Å². The van der Waals surface area contributed by atoms with E-state index in [1.165, 1.54) is 0 Å². The summed E-state index contributed by atoms with van der Waals surface area (Å²) in [6.45, 7) is 3.62. The molecule has 1 amide bonds. The number of aryl methyl sites for hydroxylation is 2. The first kappa shape index (κ1) is 21.1. The maximum Gasteiger partial charge on any atom is 0.339 e. The number of hydrogen-bond donors (Lipinski definition) is 1. The van der Waals surface area contributed by atoms with Crippen molar-refractivity contribution in [3.63, 3.8) is 0 Å². The molecule has 8 nitrogen and oxygen atoms in total. The van der Waals surface area contributed by atoms with Crippen molar-refractivity contribution in [2.45, 2.75) is 64.3 Å². The average molecular weight is 425 g/mol. The van der Waals surface area contributed by atoms with Crippen molar-refractivity contribution in [3.05, 3.63) is 51.5 Å². The van der Waals surface area contributed by atoms with Crippen LogP contribution in [0.3, 0.4) is 0 Å². The van der Waals surface area contributed by atoms with Crippen molar-refractivity contribution < 1.29 is 18.5 Å². The van der Waals surface area contributed by atoms with E-state index in [1.807, 2.05) is 19.1 Å². The fourth-order valence-electron chi connectivity index (χ4n) is 4.41. The first-order chi connectivity index (χ1) is 14.9. The standard InChI is InChI=1S/C23H27N3O5/c1-14-17-8-7-16(29-3)13-19(17)30-21(28)18(14)9-10-20(27)25-23(11-5-4-6-12-23)22-24-15(2)31-26-22/h7-8,13H,4-6,9-12H2,1-3H3,(H,25,27). The molecule has 2 aromatic heterocycles. The molecule has 2 heterocycles. The second-order valence-corrected chi connectivity index (χ2v) is 8.18. The molecule has 0 atom stereocenters. The summed E-state index contributed by atoms with van der Waals surface area (Å²) >= 11 is 0. The van der Waals surface area contributed by atoms with Gasteiger partial charge in [0, 0.05) is 30.4 Å². The largest absolute Gasteiger partial charge is 0.497 e. The zero-order valence-electron chi connectivity index (χ0n) is 18.1. The van der Waals surface area contributed by atoms with E-state index in [0.29, 0.717) is 35.0 Å². The summed E-state index contributed by atoms with van der Waals surface area (Å²) in [7, 11) is 1.56. The topological polar surface area (TPSA) is 107 Å². The van der Waals surface area contributed by atoms with Crippen LogP contribution in [0.2, 0.25) is 0 Å². The number of benzene rings is 1. The summed E-state index contributed by atoms with van der Waals surface area (Å²) in [6.07, 6.45) is 5.12. The monoisotopic (exact) mass is 425 g/mol. The lowest BCUT2D eigenvalue weighted by Crippen LogP contribution is -2.48. The van der Waals surface area contributed by atoms with Gasteiger partial charge in [-0.05, 0) is 43.9 Å². The van der Waals surface area contributed by atoms with E-state index >= 15 is 0 Å². The molecule has 0 aliphatic heterocycles. The van der Waals surface area contributed by atoms with Gasteiger partial charge in [-0.3, -0.25) is 4.79 Å². The van der Waals surface area contributed by atoms with Gasteiger partial charge in [0.05, 0.1) is 7.11 Å². The summed E-state index contributed by atoms with van der Waals surface area (Å²) in [5, 5.41) is 8.07. The van der Waals surface area contributed by atoms with Crippen LogP contribution in [-0.4, -0.2) is 23.2 Å². The van der Waals surface area contributed by atoms with E-state index in [2.05, 4.69) is 15.5 Å². The highest BCUT2D eigenvalue weighted by atomic mass is 16.5. The number of ether oxygens (including phenoxy) is 1. The van der Waals surface area contributed by atoms with Crippen LogP contribution in [-0.2, 0) is 16.8 Å². The minimum atomic E-state index is -0.604. The number of carbonyl (C=O) groups is 1. The maximum absolute atomic E-state index is 12.9. The van der Waals surface area contributed by atoms with Crippen LogP contribution < -0.4 is 15.7 Å². The van der Waals surface area contributed by atoms with Crippen LogP contribution in [0.25, 0.3) is 11.0 Å². The smallest absolute Gasteiger partial charge is 0.339 e. The fourth-order valence-corrected chi connectivity index (χ4v) is 4.41. The molecule has 0 spiro atoms. The van der Waals surface area contributed by atoms with Crippen molar-refractivity contribution in [3.8, 4) is 5.75 Å². The van der Waals surface area contributed by atoms with E-state index in [4.69, 9.17) is 13.7 Å². The number of nitrogens with zero attached hydrogens (tertiary/aromatic N) is 2. The van der Waals surface area contributed by atoms with Crippen molar-refractivity contribution >= 4 is 16.9 Å². The highest BCUT2D eigenvalue weighted by Crippen LogP contribution is 2.35. The Bertz CT molecular complexity index is 1160. The fraction of sp³-hybridized carbons (Fsp3) is 0.478. The Hall–Kier alpha value is -3.16. The summed E-state index contributed by atoms with van der Waals surface area (Å²) in [6, 6.07) is 5.39. The normalized spacial score (nSPS) is 15.7. The summed E-state index contributed by atoms with van der Waals surface area (Å²) in [5.74, 6) is 1.50. The first-order valence-corrected chi connectivity index (χ1v) is 10.6. The average Bonchev–Trinajstić information content (AvgIpc) is 3.21. The number of hydrogen-bond acceptors (Lipinski definition) is 7. The van der Waals surface area contributed by atoms with Gasteiger partial charge in [0.1, 0.15) is 16.9 Å². The molecule has 0 bridgehead atoms. The zero-order chi connectivity index (χ0) is 22.0. The van der Waals surface area contributed by atoms with Crippen LogP contribution in [0, 0.1) is 13.8 Å². The molecule has 1 fully saturated rings. The van der Waals surface area contributed by atoms with Crippen molar-refractivity contribution in [2.75, 3.05) is 7.11 Å². The van der Waals surface area contributed by atoms with Crippen molar-refractivity contribution in [2.24, 2.45) is 0 Å². The van der Waals surface area contributed by atoms with Gasteiger partial charge in [-0.1, -0.05) is 24.4 Å². The van der Waals surface area contributed by atoms with Crippen LogP contribution in [0.1, 0.15) is 61.4 Å². The minimum Gasteiger partial charge on any atom is -0.497 e. The lowest BCUT2D eigenvalue weighted by atomic mass is 9.80. The quantitative estimate of drug-likeness (QED) is 0.600. The molecule has 1 N–H and O–H groups in total. The van der Waals surface area contributed by atoms with Gasteiger partial charge in [0.15, 0.2) is 5.82 Å². The van der Waals surface area contributed by atoms with E-state index in [9.17, 15) is 9.59 Å². The van der Waals surface area contributed by atoms with Crippen LogP contribution in [0.5, 0.6) is 5.75 Å². The highest BCUT2D eigenvalue weighted by molar-refractivity contribution is 5.83. The number of methoxy groups -OCH3 is 1. The lowest BCUT2D eigenvalue weighted by molar-refractivity contribution is -0.123. The number of aromatic nitrogens is 2. The molecule has 8 heteroatoms. The molecule has 0 unspecified atom stereocenters. The van der Waals surface area contributed by atoms with Gasteiger partial charge >= 0.3 is 5.63 Å². The number of amides is 1. The molecule has 164 valence electrons. The summed E-state index contributed by atoms with van der Waals surface area (Å²) in [5.41, 5.74) is 0.784. The van der Waals surface area contributed by atoms with Crippen LogP contribution in [0.15, 0.2) is 31.9 Å². The van der Waals surface area contributed by atoms with Gasteiger partial charge in [-0.2, -0.15) is 4.98 Å². The van der Waals surface area contributed by atoms with Gasteiger partial charge < -0.3 is 19.0 Å². The molecule has 4 rings (SSSR count). The highest BCUT2D eigenvalue weighted by Gasteiger charge is 2.39. The van der Waals surface area contributed by atoms with Crippen LogP contribution in [0.4, 0.5) is 0 Å². The maximum atomic E-state index is 12.9. The SMILES string of the molecule is COc1ccc2c(C)c(CCC(=O)NC3(c4noc(C)n4)CCCCC3)c(=O)oc2c1. The van der Waals surface area contributed by atoms with E-state index in [0.717, 1.165) is 43.1 Å². The molecule has 1 aliphatic rings.